The molecule has 1 atom stereocenters. The molecule has 0 radical (unpaired) electrons. The Labute approximate surface area is 170 Å². The zero-order valence-electron chi connectivity index (χ0n) is 16.6. The summed E-state index contributed by atoms with van der Waals surface area (Å²) in [7, 11) is 1.52. The van der Waals surface area contributed by atoms with E-state index in [1.807, 2.05) is 0 Å². The van der Waals surface area contributed by atoms with Crippen LogP contribution in [0.5, 0.6) is 11.5 Å². The highest BCUT2D eigenvalue weighted by Gasteiger charge is 2.45. The van der Waals surface area contributed by atoms with Crippen molar-refractivity contribution < 1.29 is 24.5 Å². The summed E-state index contributed by atoms with van der Waals surface area (Å²) in [6.45, 7) is 2.48. The van der Waals surface area contributed by atoms with Crippen LogP contribution in [0.2, 0.25) is 0 Å². The minimum Gasteiger partial charge on any atom is -0.508 e. The summed E-state index contributed by atoms with van der Waals surface area (Å²) in [5.41, 5.74) is 1.10. The fourth-order valence-corrected chi connectivity index (χ4v) is 3.57. The monoisotopic (exact) mass is 395 g/mol. The van der Waals surface area contributed by atoms with E-state index in [0.29, 0.717) is 23.4 Å². The minimum atomic E-state index is -0.710. The van der Waals surface area contributed by atoms with Gasteiger partial charge in [-0.1, -0.05) is 44.0 Å². The molecule has 0 saturated carbocycles. The van der Waals surface area contributed by atoms with Crippen molar-refractivity contribution in [3.8, 4) is 11.5 Å². The molecule has 0 aromatic heterocycles. The van der Waals surface area contributed by atoms with E-state index in [9.17, 15) is 19.8 Å². The second kappa shape index (κ2) is 8.82. The fourth-order valence-electron chi connectivity index (χ4n) is 3.57. The Balaban J connectivity index is 2.12. The van der Waals surface area contributed by atoms with Gasteiger partial charge >= 0.3 is 0 Å². The second-order valence-electron chi connectivity index (χ2n) is 7.02. The van der Waals surface area contributed by atoms with Crippen LogP contribution in [0.15, 0.2) is 54.1 Å². The van der Waals surface area contributed by atoms with Crippen molar-refractivity contribution in [3.63, 3.8) is 0 Å². The van der Waals surface area contributed by atoms with Gasteiger partial charge in [-0.05, 0) is 36.2 Å². The number of aliphatic hydroxyl groups is 1. The quantitative estimate of drug-likeness (QED) is 0.320. The van der Waals surface area contributed by atoms with Gasteiger partial charge in [0, 0.05) is 12.1 Å². The molecule has 1 aliphatic rings. The first kappa shape index (κ1) is 20.5. The maximum absolute atomic E-state index is 12.9. The molecule has 2 aromatic rings. The molecule has 0 spiro atoms. The lowest BCUT2D eigenvalue weighted by Crippen LogP contribution is -2.30. The van der Waals surface area contributed by atoms with E-state index < -0.39 is 17.7 Å². The van der Waals surface area contributed by atoms with Crippen molar-refractivity contribution in [2.24, 2.45) is 0 Å². The third-order valence-corrected chi connectivity index (χ3v) is 5.09. The molecule has 1 saturated heterocycles. The Morgan fingerprint density at radius 1 is 1.10 bits per heavy atom. The van der Waals surface area contributed by atoms with Crippen LogP contribution in [0.4, 0.5) is 0 Å². The van der Waals surface area contributed by atoms with E-state index in [0.717, 1.165) is 19.3 Å². The number of nitrogens with zero attached hydrogens (tertiary/aromatic N) is 1. The third-order valence-electron chi connectivity index (χ3n) is 5.09. The third kappa shape index (κ3) is 4.11. The number of aromatic hydroxyl groups is 1. The van der Waals surface area contributed by atoms with Gasteiger partial charge in [0.25, 0.3) is 11.7 Å². The number of unbranched alkanes of at least 4 members (excludes halogenated alkanes) is 2. The zero-order valence-corrected chi connectivity index (χ0v) is 16.6. The smallest absolute Gasteiger partial charge is 0.295 e. The number of amides is 1. The maximum atomic E-state index is 12.9. The molecule has 1 fully saturated rings. The number of carbonyl (C=O) groups excluding carboxylic acids is 2. The summed E-state index contributed by atoms with van der Waals surface area (Å²) in [5.74, 6) is -0.946. The van der Waals surface area contributed by atoms with Gasteiger partial charge in [-0.2, -0.15) is 0 Å². The molecule has 6 heteroatoms. The Morgan fingerprint density at radius 2 is 1.83 bits per heavy atom. The fraction of sp³-hybridized carbons (Fsp3) is 0.304. The van der Waals surface area contributed by atoms with Crippen molar-refractivity contribution in [2.45, 2.75) is 32.2 Å². The number of phenolic OH excluding ortho intramolecular Hbond substituents is 1. The molecule has 152 valence electrons. The van der Waals surface area contributed by atoms with Gasteiger partial charge in [-0.25, -0.2) is 0 Å². The predicted octanol–water partition coefficient (Wildman–Crippen LogP) is 4.01. The molecule has 1 aliphatic heterocycles. The highest BCUT2D eigenvalue weighted by molar-refractivity contribution is 6.46. The van der Waals surface area contributed by atoms with Crippen LogP contribution in [0.1, 0.15) is 43.4 Å². The van der Waals surface area contributed by atoms with Gasteiger partial charge in [0.05, 0.1) is 18.7 Å². The molecular formula is C23H25NO5. The van der Waals surface area contributed by atoms with Crippen LogP contribution in [-0.4, -0.2) is 40.5 Å². The second-order valence-corrected chi connectivity index (χ2v) is 7.02. The van der Waals surface area contributed by atoms with Crippen molar-refractivity contribution in [1.82, 2.24) is 4.90 Å². The molecule has 2 aromatic carbocycles. The standard InChI is InChI=1S/C23H25NO5/c1-3-4-5-13-24-20(15-9-11-17(25)12-10-15)19(22(27)23(24)28)21(26)16-7-6-8-18(14-16)29-2/h6-12,14,20,25-26H,3-5,13H2,1-2H3/b21-19-. The van der Waals surface area contributed by atoms with Crippen LogP contribution in [0.25, 0.3) is 5.76 Å². The SMILES string of the molecule is CCCCCN1C(=O)C(=O)/C(=C(\O)c2cccc(OC)c2)C1c1ccc(O)cc1. The Morgan fingerprint density at radius 3 is 2.48 bits per heavy atom. The number of benzene rings is 2. The Hall–Kier alpha value is -3.28. The van der Waals surface area contributed by atoms with E-state index in [-0.39, 0.29) is 17.1 Å². The summed E-state index contributed by atoms with van der Waals surface area (Å²) in [6.07, 6.45) is 2.68. The van der Waals surface area contributed by atoms with Gasteiger partial charge in [-0.3, -0.25) is 9.59 Å². The van der Waals surface area contributed by atoms with Crippen molar-refractivity contribution in [1.29, 1.82) is 0 Å². The molecule has 0 bridgehead atoms. The highest BCUT2D eigenvalue weighted by Crippen LogP contribution is 2.40. The summed E-state index contributed by atoms with van der Waals surface area (Å²) in [6, 6.07) is 12.4. The number of rotatable bonds is 7. The van der Waals surface area contributed by atoms with E-state index in [4.69, 9.17) is 4.74 Å². The number of aliphatic hydroxyl groups excluding tert-OH is 1. The average molecular weight is 395 g/mol. The number of ketones is 1. The number of phenols is 1. The lowest BCUT2D eigenvalue weighted by molar-refractivity contribution is -0.139. The first-order valence-corrected chi connectivity index (χ1v) is 9.69. The lowest BCUT2D eigenvalue weighted by Gasteiger charge is -2.25. The molecular weight excluding hydrogens is 370 g/mol. The molecule has 1 amide bonds. The van der Waals surface area contributed by atoms with E-state index in [1.54, 1.807) is 36.4 Å². The summed E-state index contributed by atoms with van der Waals surface area (Å²) < 4.78 is 5.20. The molecule has 3 rings (SSSR count). The van der Waals surface area contributed by atoms with Crippen LogP contribution < -0.4 is 4.74 Å². The van der Waals surface area contributed by atoms with Crippen LogP contribution in [0.3, 0.4) is 0 Å². The minimum absolute atomic E-state index is 0.0467. The largest absolute Gasteiger partial charge is 0.508 e. The Kier molecular flexibility index (Phi) is 6.22. The average Bonchev–Trinajstić information content (AvgIpc) is 2.99. The van der Waals surface area contributed by atoms with Crippen molar-refractivity contribution >= 4 is 17.4 Å². The zero-order chi connectivity index (χ0) is 21.0. The number of hydrogen-bond acceptors (Lipinski definition) is 5. The summed E-state index contributed by atoms with van der Waals surface area (Å²) in [5, 5.41) is 20.6. The predicted molar refractivity (Wildman–Crippen MR) is 110 cm³/mol. The van der Waals surface area contributed by atoms with E-state index >= 15 is 0 Å². The van der Waals surface area contributed by atoms with E-state index in [2.05, 4.69) is 6.92 Å². The Bertz CT molecular complexity index is 933. The van der Waals surface area contributed by atoms with Gasteiger partial charge in [-0.15, -0.1) is 0 Å². The van der Waals surface area contributed by atoms with E-state index in [1.165, 1.54) is 24.1 Å². The van der Waals surface area contributed by atoms with Crippen LogP contribution in [0, 0.1) is 0 Å². The highest BCUT2D eigenvalue weighted by atomic mass is 16.5. The van der Waals surface area contributed by atoms with Gasteiger partial charge in [0.1, 0.15) is 17.3 Å². The number of likely N-dealkylation sites (tertiary alicyclic amines) is 1. The molecule has 6 nitrogen and oxygen atoms in total. The number of ether oxygens (including phenoxy) is 1. The first-order chi connectivity index (χ1) is 14.0. The van der Waals surface area contributed by atoms with Gasteiger partial charge in [0.2, 0.25) is 0 Å². The molecule has 2 N–H and O–H groups in total. The summed E-state index contributed by atoms with van der Waals surface area (Å²) >= 11 is 0. The van der Waals surface area contributed by atoms with Crippen molar-refractivity contribution in [2.75, 3.05) is 13.7 Å². The molecule has 1 heterocycles. The maximum Gasteiger partial charge on any atom is 0.295 e. The molecule has 0 aliphatic carbocycles. The van der Waals surface area contributed by atoms with Gasteiger partial charge < -0.3 is 19.8 Å². The number of methoxy groups -OCH3 is 1. The van der Waals surface area contributed by atoms with Crippen LogP contribution in [-0.2, 0) is 9.59 Å². The molecule has 1 unspecified atom stereocenters. The lowest BCUT2D eigenvalue weighted by atomic mass is 9.95. The number of Topliss-reactive ketones (excluding diaryl/α,β-unsaturated/α-hetero) is 1. The topological polar surface area (TPSA) is 87.1 Å². The first-order valence-electron chi connectivity index (χ1n) is 9.69. The number of hydrogen-bond donors (Lipinski definition) is 2. The van der Waals surface area contributed by atoms with Crippen LogP contribution >= 0.6 is 0 Å². The molecule has 29 heavy (non-hydrogen) atoms. The number of carbonyl (C=O) groups is 2. The summed E-state index contributed by atoms with van der Waals surface area (Å²) in [4.78, 5) is 27.2. The van der Waals surface area contributed by atoms with Crippen molar-refractivity contribution in [3.05, 3.63) is 65.2 Å². The van der Waals surface area contributed by atoms with Gasteiger partial charge in [0.15, 0.2) is 0 Å². The normalized spacial score (nSPS) is 18.3.